The van der Waals surface area contributed by atoms with Crippen LogP contribution in [0.15, 0.2) is 24.3 Å². The summed E-state index contributed by atoms with van der Waals surface area (Å²) in [6, 6.07) is 5.65. The number of carbonyl (C=O) groups excluding carboxylic acids is 3. The highest BCUT2D eigenvalue weighted by Crippen LogP contribution is 2.22. The molecule has 9 nitrogen and oxygen atoms in total. The summed E-state index contributed by atoms with van der Waals surface area (Å²) in [7, 11) is 0. The lowest BCUT2D eigenvalue weighted by atomic mass is 9.92. The Bertz CT molecular complexity index is 826. The SMILES string of the molecule is C[C@H]1CN(C(=O)[C@H](CCCc2ccc(F)cc2)[C@H](O)C(=O)NO)CCN1C(=O)OC(C)(C)C. The molecule has 0 unspecified atom stereocenters. The standard InChI is InChI=1S/C23H34FN3O6/c1-15-14-26(12-13-27(15)22(31)33-23(2,3)4)21(30)18(19(28)20(29)25-32)7-5-6-16-8-10-17(24)11-9-16/h8-11,15,18-19,28,32H,5-7,12-14H2,1-4H3,(H,25,29)/t15-,18+,19-/m0/s1. The number of ether oxygens (including phenoxy) is 1. The molecule has 0 spiro atoms. The van der Waals surface area contributed by atoms with Crippen LogP contribution in [0.3, 0.4) is 0 Å². The van der Waals surface area contributed by atoms with E-state index >= 15 is 0 Å². The lowest BCUT2D eigenvalue weighted by Gasteiger charge is -2.41. The van der Waals surface area contributed by atoms with E-state index in [2.05, 4.69) is 0 Å². The second kappa shape index (κ2) is 11.4. The van der Waals surface area contributed by atoms with Crippen LogP contribution in [0.2, 0.25) is 0 Å². The molecule has 0 aliphatic carbocycles. The van der Waals surface area contributed by atoms with E-state index in [1.807, 2.05) is 0 Å². The van der Waals surface area contributed by atoms with Gasteiger partial charge in [-0.2, -0.15) is 0 Å². The van der Waals surface area contributed by atoms with Crippen LogP contribution in [-0.2, 0) is 20.7 Å². The van der Waals surface area contributed by atoms with Crippen LogP contribution in [0.1, 0.15) is 46.1 Å². The molecule has 3 N–H and O–H groups in total. The number of rotatable bonds is 7. The van der Waals surface area contributed by atoms with Crippen molar-refractivity contribution in [2.45, 2.75) is 64.7 Å². The zero-order chi connectivity index (χ0) is 24.8. The second-order valence-corrected chi connectivity index (χ2v) is 9.35. The largest absolute Gasteiger partial charge is 0.444 e. The van der Waals surface area contributed by atoms with Gasteiger partial charge in [0, 0.05) is 25.7 Å². The third-order valence-corrected chi connectivity index (χ3v) is 5.54. The molecule has 1 saturated heterocycles. The van der Waals surface area contributed by atoms with Crippen molar-refractivity contribution < 1.29 is 33.8 Å². The highest BCUT2D eigenvalue weighted by atomic mass is 19.1. The van der Waals surface area contributed by atoms with Gasteiger partial charge in [0.2, 0.25) is 5.91 Å². The third kappa shape index (κ3) is 7.68. The van der Waals surface area contributed by atoms with Gasteiger partial charge in [-0.3, -0.25) is 14.8 Å². The predicted molar refractivity (Wildman–Crippen MR) is 118 cm³/mol. The summed E-state index contributed by atoms with van der Waals surface area (Å²) in [6.07, 6.45) is -1.01. The Morgan fingerprint density at radius 1 is 1.21 bits per heavy atom. The number of amides is 3. The van der Waals surface area contributed by atoms with Crippen LogP contribution in [0.5, 0.6) is 0 Å². The van der Waals surface area contributed by atoms with Gasteiger partial charge in [0.05, 0.1) is 5.92 Å². The van der Waals surface area contributed by atoms with Gasteiger partial charge in [0.25, 0.3) is 5.91 Å². The van der Waals surface area contributed by atoms with Crippen molar-refractivity contribution in [3.8, 4) is 0 Å². The summed E-state index contributed by atoms with van der Waals surface area (Å²) in [4.78, 5) is 40.6. The quantitative estimate of drug-likeness (QED) is 0.417. The zero-order valence-electron chi connectivity index (χ0n) is 19.6. The van der Waals surface area contributed by atoms with E-state index in [4.69, 9.17) is 9.94 Å². The molecule has 10 heteroatoms. The van der Waals surface area contributed by atoms with Crippen LogP contribution in [0.25, 0.3) is 0 Å². The molecule has 1 aliphatic rings. The number of hydrogen-bond acceptors (Lipinski definition) is 6. The van der Waals surface area contributed by atoms with Crippen molar-refractivity contribution in [1.82, 2.24) is 15.3 Å². The fraction of sp³-hybridized carbons (Fsp3) is 0.609. The van der Waals surface area contributed by atoms with Crippen LogP contribution in [0.4, 0.5) is 9.18 Å². The van der Waals surface area contributed by atoms with E-state index in [9.17, 15) is 23.9 Å². The van der Waals surface area contributed by atoms with Crippen LogP contribution >= 0.6 is 0 Å². The Balaban J connectivity index is 2.04. The Morgan fingerprint density at radius 2 is 1.85 bits per heavy atom. The van der Waals surface area contributed by atoms with E-state index in [1.54, 1.807) is 44.7 Å². The number of aryl methyl sites for hydroxylation is 1. The number of nitrogens with one attached hydrogen (secondary N) is 1. The Kier molecular flexibility index (Phi) is 9.18. The van der Waals surface area contributed by atoms with Crippen molar-refractivity contribution in [3.05, 3.63) is 35.6 Å². The summed E-state index contributed by atoms with van der Waals surface area (Å²) in [5.74, 6) is -2.91. The van der Waals surface area contributed by atoms with Crippen LogP contribution in [-0.4, -0.2) is 75.4 Å². The minimum Gasteiger partial charge on any atom is -0.444 e. The van der Waals surface area contributed by atoms with Gasteiger partial charge in [-0.15, -0.1) is 0 Å². The van der Waals surface area contributed by atoms with Gasteiger partial charge in [-0.25, -0.2) is 14.7 Å². The first-order valence-electron chi connectivity index (χ1n) is 11.1. The second-order valence-electron chi connectivity index (χ2n) is 9.35. The van der Waals surface area contributed by atoms with Crippen LogP contribution < -0.4 is 5.48 Å². The number of nitrogens with zero attached hydrogens (tertiary/aromatic N) is 2. The maximum absolute atomic E-state index is 13.2. The molecule has 1 fully saturated rings. The molecule has 1 aliphatic heterocycles. The van der Waals surface area contributed by atoms with Gasteiger partial charge < -0.3 is 19.6 Å². The van der Waals surface area contributed by atoms with Gasteiger partial charge in [-0.1, -0.05) is 12.1 Å². The smallest absolute Gasteiger partial charge is 0.410 e. The van der Waals surface area contributed by atoms with Gasteiger partial charge in [0.1, 0.15) is 17.5 Å². The Morgan fingerprint density at radius 3 is 2.39 bits per heavy atom. The van der Waals surface area contributed by atoms with Crippen molar-refractivity contribution >= 4 is 17.9 Å². The maximum atomic E-state index is 13.2. The number of aliphatic hydroxyl groups excluding tert-OH is 1. The zero-order valence-corrected chi connectivity index (χ0v) is 19.6. The highest BCUT2D eigenvalue weighted by molar-refractivity contribution is 5.88. The van der Waals surface area contributed by atoms with E-state index in [1.165, 1.54) is 22.5 Å². The molecule has 3 amide bonds. The van der Waals surface area contributed by atoms with E-state index in [0.29, 0.717) is 12.8 Å². The lowest BCUT2D eigenvalue weighted by Crippen LogP contribution is -2.58. The molecular weight excluding hydrogens is 433 g/mol. The molecule has 184 valence electrons. The molecule has 33 heavy (non-hydrogen) atoms. The summed E-state index contributed by atoms with van der Waals surface area (Å²) >= 11 is 0. The van der Waals surface area contributed by atoms with Crippen molar-refractivity contribution in [2.24, 2.45) is 5.92 Å². The third-order valence-electron chi connectivity index (χ3n) is 5.54. The first-order chi connectivity index (χ1) is 15.4. The fourth-order valence-electron chi connectivity index (χ4n) is 3.83. The van der Waals surface area contributed by atoms with Crippen LogP contribution in [0, 0.1) is 11.7 Å². The minimum absolute atomic E-state index is 0.186. The van der Waals surface area contributed by atoms with Crippen molar-refractivity contribution in [1.29, 1.82) is 0 Å². The number of piperazine rings is 1. The monoisotopic (exact) mass is 467 g/mol. The number of hydroxylamine groups is 1. The number of benzene rings is 1. The molecule has 0 bridgehead atoms. The topological polar surface area (TPSA) is 119 Å². The summed E-state index contributed by atoms with van der Waals surface area (Å²) in [5.41, 5.74) is 1.63. The molecule has 0 aromatic heterocycles. The minimum atomic E-state index is -1.73. The van der Waals surface area contributed by atoms with E-state index in [0.717, 1.165) is 5.56 Å². The number of halogens is 1. The highest BCUT2D eigenvalue weighted by Gasteiger charge is 2.38. The predicted octanol–water partition coefficient (Wildman–Crippen LogP) is 2.10. The number of aliphatic hydroxyl groups is 1. The average molecular weight is 468 g/mol. The molecule has 2 rings (SSSR count). The summed E-state index contributed by atoms with van der Waals surface area (Å²) in [6.45, 7) is 7.83. The molecule has 3 atom stereocenters. The van der Waals surface area contributed by atoms with Gasteiger partial charge in [0.15, 0.2) is 0 Å². The van der Waals surface area contributed by atoms with Crippen molar-refractivity contribution in [3.63, 3.8) is 0 Å². The molecule has 1 heterocycles. The molecule has 1 aromatic rings. The number of carbonyl (C=O) groups is 3. The Labute approximate surface area is 193 Å². The van der Waals surface area contributed by atoms with E-state index < -0.39 is 35.5 Å². The molecule has 1 aromatic carbocycles. The average Bonchev–Trinajstić information content (AvgIpc) is 2.75. The molecule has 0 saturated carbocycles. The maximum Gasteiger partial charge on any atom is 0.410 e. The fourth-order valence-corrected chi connectivity index (χ4v) is 3.83. The van der Waals surface area contributed by atoms with Crippen molar-refractivity contribution in [2.75, 3.05) is 19.6 Å². The van der Waals surface area contributed by atoms with E-state index in [-0.39, 0.29) is 37.9 Å². The first kappa shape index (κ1) is 26.5. The lowest BCUT2D eigenvalue weighted by molar-refractivity contribution is -0.152. The number of hydrogen-bond donors (Lipinski definition) is 3. The van der Waals surface area contributed by atoms with Gasteiger partial charge >= 0.3 is 6.09 Å². The Hall–Kier alpha value is -2.72. The van der Waals surface area contributed by atoms with Gasteiger partial charge in [-0.05, 0) is 64.7 Å². The first-order valence-corrected chi connectivity index (χ1v) is 11.1. The summed E-state index contributed by atoms with van der Waals surface area (Å²) in [5, 5.41) is 19.3. The molecular formula is C23H34FN3O6. The molecule has 0 radical (unpaired) electrons. The normalized spacial score (nSPS) is 18.5. The summed E-state index contributed by atoms with van der Waals surface area (Å²) < 4.78 is 18.5.